The van der Waals surface area contributed by atoms with Crippen molar-refractivity contribution in [3.63, 3.8) is 0 Å². The van der Waals surface area contributed by atoms with Crippen LogP contribution in [-0.2, 0) is 0 Å². The Balaban J connectivity index is 2.13. The van der Waals surface area contributed by atoms with Crippen molar-refractivity contribution < 1.29 is 4.79 Å². The van der Waals surface area contributed by atoms with Crippen LogP contribution < -0.4 is 11.1 Å². The van der Waals surface area contributed by atoms with Crippen LogP contribution in [0.3, 0.4) is 0 Å². The van der Waals surface area contributed by atoms with Gasteiger partial charge in [0.25, 0.3) is 5.91 Å². The normalized spacial score (nSPS) is 12.2. The van der Waals surface area contributed by atoms with Crippen molar-refractivity contribution in [3.05, 3.63) is 43.8 Å². The van der Waals surface area contributed by atoms with Gasteiger partial charge in [-0.25, -0.2) is 4.98 Å². The van der Waals surface area contributed by atoms with E-state index in [-0.39, 0.29) is 11.9 Å². The van der Waals surface area contributed by atoms with Crippen LogP contribution in [0.25, 0.3) is 0 Å². The zero-order chi connectivity index (χ0) is 14.0. The highest BCUT2D eigenvalue weighted by molar-refractivity contribution is 9.10. The Hall–Kier alpha value is -0.950. The molecule has 7 heteroatoms. The minimum atomic E-state index is -0.276. The highest BCUT2D eigenvalue weighted by Gasteiger charge is 2.13. The first-order valence-electron chi connectivity index (χ1n) is 5.45. The summed E-state index contributed by atoms with van der Waals surface area (Å²) in [6, 6.07) is 5.02. The van der Waals surface area contributed by atoms with E-state index in [0.29, 0.717) is 16.4 Å². The molecule has 0 spiro atoms. The van der Waals surface area contributed by atoms with Crippen molar-refractivity contribution in [1.82, 2.24) is 4.98 Å². The fraction of sp³-hybridized carbons (Fsp3) is 0.167. The number of hydrogen-bond acceptors (Lipinski definition) is 4. The molecule has 3 N–H and O–H groups in total. The SMILES string of the molecule is CC(N)c1nc(C(=O)Nc2ccc(Br)c(Cl)c2)cs1. The Bertz CT molecular complexity index is 615. The minimum Gasteiger partial charge on any atom is -0.322 e. The van der Waals surface area contributed by atoms with Gasteiger partial charge in [-0.1, -0.05) is 11.6 Å². The lowest BCUT2D eigenvalue weighted by atomic mass is 10.3. The van der Waals surface area contributed by atoms with E-state index in [1.807, 2.05) is 6.92 Å². The maximum absolute atomic E-state index is 12.0. The van der Waals surface area contributed by atoms with E-state index in [1.54, 1.807) is 23.6 Å². The standard InChI is InChI=1S/C12H11BrClN3OS/c1-6(15)12-17-10(5-19-12)11(18)16-7-2-3-8(13)9(14)4-7/h2-6H,15H2,1H3,(H,16,18). The average Bonchev–Trinajstić information content (AvgIpc) is 2.83. The van der Waals surface area contributed by atoms with Gasteiger partial charge >= 0.3 is 0 Å². The molecule has 0 aliphatic rings. The first-order valence-corrected chi connectivity index (χ1v) is 7.50. The second-order valence-corrected chi connectivity index (χ2v) is 6.09. The number of thiazole rings is 1. The molecule has 0 radical (unpaired) electrons. The zero-order valence-electron chi connectivity index (χ0n) is 9.98. The number of aromatic nitrogens is 1. The first kappa shape index (κ1) is 14.5. The Labute approximate surface area is 128 Å². The van der Waals surface area contributed by atoms with Gasteiger partial charge in [0, 0.05) is 15.5 Å². The van der Waals surface area contributed by atoms with E-state index in [0.717, 1.165) is 9.48 Å². The molecule has 4 nitrogen and oxygen atoms in total. The third-order valence-electron chi connectivity index (χ3n) is 2.32. The molecule has 0 fully saturated rings. The molecular formula is C12H11BrClN3OS. The van der Waals surface area contributed by atoms with Crippen molar-refractivity contribution >= 4 is 50.5 Å². The molecule has 2 rings (SSSR count). The molecule has 1 unspecified atom stereocenters. The van der Waals surface area contributed by atoms with Crippen molar-refractivity contribution in [2.75, 3.05) is 5.32 Å². The molecule has 19 heavy (non-hydrogen) atoms. The second kappa shape index (κ2) is 6.00. The predicted octanol–water partition coefficient (Wildman–Crippen LogP) is 3.83. The number of hydrogen-bond donors (Lipinski definition) is 2. The van der Waals surface area contributed by atoms with E-state index in [1.165, 1.54) is 11.3 Å². The van der Waals surface area contributed by atoms with Gasteiger partial charge in [-0.3, -0.25) is 4.79 Å². The van der Waals surface area contributed by atoms with Crippen molar-refractivity contribution in [1.29, 1.82) is 0 Å². The molecule has 0 bridgehead atoms. The minimum absolute atomic E-state index is 0.173. The van der Waals surface area contributed by atoms with Gasteiger partial charge in [-0.15, -0.1) is 11.3 Å². The Kier molecular flexibility index (Phi) is 4.57. The van der Waals surface area contributed by atoms with Crippen LogP contribution in [0, 0.1) is 0 Å². The van der Waals surface area contributed by atoms with Gasteiger partial charge < -0.3 is 11.1 Å². The maximum Gasteiger partial charge on any atom is 0.275 e. The number of nitrogens with two attached hydrogens (primary N) is 1. The number of benzene rings is 1. The van der Waals surface area contributed by atoms with Crippen LogP contribution in [-0.4, -0.2) is 10.9 Å². The second-order valence-electron chi connectivity index (χ2n) is 3.94. The Morgan fingerprint density at radius 3 is 2.89 bits per heavy atom. The number of rotatable bonds is 3. The summed E-state index contributed by atoms with van der Waals surface area (Å²) in [4.78, 5) is 16.2. The number of nitrogens with one attached hydrogen (secondary N) is 1. The summed E-state index contributed by atoms with van der Waals surface area (Å²) in [6.45, 7) is 1.83. The lowest BCUT2D eigenvalue weighted by Gasteiger charge is -2.04. The number of carbonyl (C=O) groups excluding carboxylic acids is 1. The van der Waals surface area contributed by atoms with Gasteiger partial charge in [-0.05, 0) is 41.1 Å². The van der Waals surface area contributed by atoms with Gasteiger partial charge in [0.15, 0.2) is 0 Å². The summed E-state index contributed by atoms with van der Waals surface area (Å²) >= 11 is 10.6. The van der Waals surface area contributed by atoms with E-state index in [9.17, 15) is 4.79 Å². The molecule has 0 saturated carbocycles. The van der Waals surface area contributed by atoms with Crippen molar-refractivity contribution in [3.8, 4) is 0 Å². The van der Waals surface area contributed by atoms with Gasteiger partial charge in [-0.2, -0.15) is 0 Å². The number of amides is 1. The summed E-state index contributed by atoms with van der Waals surface area (Å²) in [6.07, 6.45) is 0. The van der Waals surface area contributed by atoms with Crippen LogP contribution in [0.4, 0.5) is 5.69 Å². The van der Waals surface area contributed by atoms with Crippen LogP contribution in [0.5, 0.6) is 0 Å². The van der Waals surface area contributed by atoms with E-state index in [2.05, 4.69) is 26.2 Å². The summed E-state index contributed by atoms with van der Waals surface area (Å²) < 4.78 is 0.778. The van der Waals surface area contributed by atoms with E-state index in [4.69, 9.17) is 17.3 Å². The summed E-state index contributed by atoms with van der Waals surface area (Å²) in [5, 5.41) is 5.70. The third kappa shape index (κ3) is 3.54. The van der Waals surface area contributed by atoms with Crippen LogP contribution in [0.1, 0.15) is 28.5 Å². The number of nitrogens with zero attached hydrogens (tertiary/aromatic N) is 1. The Morgan fingerprint density at radius 1 is 1.58 bits per heavy atom. The molecule has 100 valence electrons. The monoisotopic (exact) mass is 359 g/mol. The molecular weight excluding hydrogens is 350 g/mol. The topological polar surface area (TPSA) is 68.0 Å². The highest BCUT2D eigenvalue weighted by Crippen LogP contribution is 2.26. The molecule has 0 aliphatic carbocycles. The van der Waals surface area contributed by atoms with Crippen molar-refractivity contribution in [2.45, 2.75) is 13.0 Å². The van der Waals surface area contributed by atoms with Crippen LogP contribution in [0.2, 0.25) is 5.02 Å². The van der Waals surface area contributed by atoms with Crippen LogP contribution >= 0.6 is 38.9 Å². The quantitative estimate of drug-likeness (QED) is 0.874. The smallest absolute Gasteiger partial charge is 0.275 e. The zero-order valence-corrected chi connectivity index (χ0v) is 13.1. The maximum atomic E-state index is 12.0. The number of halogens is 2. The molecule has 1 aromatic carbocycles. The summed E-state index contributed by atoms with van der Waals surface area (Å²) in [5.74, 6) is -0.276. The largest absolute Gasteiger partial charge is 0.322 e. The molecule has 1 aromatic heterocycles. The van der Waals surface area contributed by atoms with Gasteiger partial charge in [0.05, 0.1) is 11.1 Å². The average molecular weight is 361 g/mol. The molecule has 1 atom stereocenters. The number of anilines is 1. The van der Waals surface area contributed by atoms with E-state index < -0.39 is 0 Å². The molecule has 0 aliphatic heterocycles. The Morgan fingerprint density at radius 2 is 2.32 bits per heavy atom. The number of carbonyl (C=O) groups is 1. The van der Waals surface area contributed by atoms with Gasteiger partial charge in [0.1, 0.15) is 10.7 Å². The summed E-state index contributed by atoms with van der Waals surface area (Å²) in [5.41, 5.74) is 6.69. The van der Waals surface area contributed by atoms with E-state index >= 15 is 0 Å². The third-order valence-corrected chi connectivity index (χ3v) is 4.60. The molecule has 1 heterocycles. The summed E-state index contributed by atoms with van der Waals surface area (Å²) in [7, 11) is 0. The fourth-order valence-corrected chi connectivity index (χ4v) is 2.56. The van der Waals surface area contributed by atoms with Crippen LogP contribution in [0.15, 0.2) is 28.1 Å². The first-order chi connectivity index (χ1) is 8.97. The lowest BCUT2D eigenvalue weighted by Crippen LogP contribution is -2.13. The molecule has 0 saturated heterocycles. The highest BCUT2D eigenvalue weighted by atomic mass is 79.9. The lowest BCUT2D eigenvalue weighted by molar-refractivity contribution is 0.102. The predicted molar refractivity (Wildman–Crippen MR) is 81.8 cm³/mol. The van der Waals surface area contributed by atoms with Gasteiger partial charge in [0.2, 0.25) is 0 Å². The fourth-order valence-electron chi connectivity index (χ4n) is 1.37. The molecule has 2 aromatic rings. The molecule has 1 amide bonds. The van der Waals surface area contributed by atoms with Crippen molar-refractivity contribution in [2.24, 2.45) is 5.73 Å².